The van der Waals surface area contributed by atoms with E-state index in [-0.39, 0.29) is 16.1 Å². The minimum atomic E-state index is -0.180. The first-order chi connectivity index (χ1) is 9.36. The molecule has 0 aliphatic carbocycles. The Morgan fingerprint density at radius 2 is 2.10 bits per heavy atom. The van der Waals surface area contributed by atoms with Crippen molar-refractivity contribution in [3.63, 3.8) is 0 Å². The zero-order chi connectivity index (χ0) is 14.8. The smallest absolute Gasteiger partial charge is 0.126 e. The molecule has 0 spiro atoms. The molecule has 2 rings (SSSR count). The highest BCUT2D eigenvalue weighted by molar-refractivity contribution is 8.00. The minimum absolute atomic E-state index is 0.127. The number of rotatable bonds is 4. The van der Waals surface area contributed by atoms with E-state index in [1.807, 2.05) is 23.9 Å². The normalized spacial score (nSPS) is 22.4. The molecule has 1 saturated heterocycles. The van der Waals surface area contributed by atoms with Gasteiger partial charge in [0.2, 0.25) is 0 Å². The quantitative estimate of drug-likeness (QED) is 0.926. The number of hydrogen-bond acceptors (Lipinski definition) is 3. The lowest BCUT2D eigenvalue weighted by Crippen LogP contribution is -2.59. The van der Waals surface area contributed by atoms with Gasteiger partial charge in [-0.15, -0.1) is 0 Å². The summed E-state index contributed by atoms with van der Waals surface area (Å²) in [5.41, 5.74) is 6.63. The van der Waals surface area contributed by atoms with Crippen molar-refractivity contribution in [3.8, 4) is 0 Å². The summed E-state index contributed by atoms with van der Waals surface area (Å²) in [7, 11) is 0. The molecule has 1 heterocycles. The van der Waals surface area contributed by atoms with Gasteiger partial charge in [-0.25, -0.2) is 4.39 Å². The third kappa shape index (κ3) is 3.54. The second-order valence-electron chi connectivity index (χ2n) is 6.50. The van der Waals surface area contributed by atoms with Crippen molar-refractivity contribution in [1.82, 2.24) is 4.90 Å². The van der Waals surface area contributed by atoms with Crippen LogP contribution < -0.4 is 5.73 Å². The fraction of sp³-hybridized carbons (Fsp3) is 0.625. The van der Waals surface area contributed by atoms with Gasteiger partial charge in [0.15, 0.2) is 0 Å². The summed E-state index contributed by atoms with van der Waals surface area (Å²) >= 11 is 2.00. The Morgan fingerprint density at radius 3 is 2.70 bits per heavy atom. The molecule has 0 saturated carbocycles. The standard InChI is InChI=1S/C16H25FN2S/c1-15(2)12-19(8-9-20-15)16(3,11-18)10-13-6-4-5-7-14(13)17/h4-7H,8-12,18H2,1-3H3. The van der Waals surface area contributed by atoms with E-state index < -0.39 is 0 Å². The Bertz CT molecular complexity index is 464. The summed E-state index contributed by atoms with van der Waals surface area (Å²) in [5.74, 6) is 0.984. The van der Waals surface area contributed by atoms with E-state index in [0.717, 1.165) is 24.4 Å². The molecule has 0 radical (unpaired) electrons. The topological polar surface area (TPSA) is 29.3 Å². The molecule has 1 atom stereocenters. The molecule has 0 aromatic heterocycles. The van der Waals surface area contributed by atoms with E-state index in [1.165, 1.54) is 6.07 Å². The lowest BCUT2D eigenvalue weighted by atomic mass is 9.89. The third-order valence-electron chi connectivity index (χ3n) is 4.16. The van der Waals surface area contributed by atoms with Crippen LogP contribution in [-0.4, -0.2) is 40.6 Å². The predicted molar refractivity (Wildman–Crippen MR) is 85.7 cm³/mol. The highest BCUT2D eigenvalue weighted by atomic mass is 32.2. The van der Waals surface area contributed by atoms with Crippen LogP contribution in [0.4, 0.5) is 4.39 Å². The van der Waals surface area contributed by atoms with Gasteiger partial charge in [0, 0.05) is 35.7 Å². The van der Waals surface area contributed by atoms with Crippen molar-refractivity contribution in [3.05, 3.63) is 35.6 Å². The van der Waals surface area contributed by atoms with E-state index in [2.05, 4.69) is 25.7 Å². The maximum absolute atomic E-state index is 13.9. The summed E-state index contributed by atoms with van der Waals surface area (Å²) < 4.78 is 14.2. The fourth-order valence-electron chi connectivity index (χ4n) is 2.84. The molecule has 0 amide bonds. The van der Waals surface area contributed by atoms with Crippen LogP contribution in [0.5, 0.6) is 0 Å². The Kier molecular flexibility index (Phi) is 4.77. The van der Waals surface area contributed by atoms with Crippen molar-refractivity contribution in [2.45, 2.75) is 37.5 Å². The zero-order valence-electron chi connectivity index (χ0n) is 12.7. The number of nitrogens with zero attached hydrogens (tertiary/aromatic N) is 1. The Labute approximate surface area is 125 Å². The summed E-state index contributed by atoms with van der Waals surface area (Å²) in [6.07, 6.45) is 0.664. The maximum Gasteiger partial charge on any atom is 0.126 e. The predicted octanol–water partition coefficient (Wildman–Crippen LogP) is 2.91. The van der Waals surface area contributed by atoms with Gasteiger partial charge in [0.1, 0.15) is 5.82 Å². The molecule has 2 nitrogen and oxygen atoms in total. The Morgan fingerprint density at radius 1 is 1.40 bits per heavy atom. The van der Waals surface area contributed by atoms with Crippen LogP contribution in [0.3, 0.4) is 0 Å². The van der Waals surface area contributed by atoms with Gasteiger partial charge >= 0.3 is 0 Å². The lowest BCUT2D eigenvalue weighted by Gasteiger charge is -2.47. The molecular weight excluding hydrogens is 271 g/mol. The third-order valence-corrected chi connectivity index (χ3v) is 5.46. The molecule has 4 heteroatoms. The Balaban J connectivity index is 2.18. The van der Waals surface area contributed by atoms with Gasteiger partial charge in [-0.1, -0.05) is 18.2 Å². The largest absolute Gasteiger partial charge is 0.329 e. The molecule has 1 aliphatic rings. The summed E-state index contributed by atoms with van der Waals surface area (Å²) in [4.78, 5) is 2.44. The summed E-state index contributed by atoms with van der Waals surface area (Å²) in [6.45, 7) is 9.26. The maximum atomic E-state index is 13.9. The monoisotopic (exact) mass is 296 g/mol. The fourth-order valence-corrected chi connectivity index (χ4v) is 3.95. The number of halogens is 1. The van der Waals surface area contributed by atoms with Crippen molar-refractivity contribution < 1.29 is 4.39 Å². The van der Waals surface area contributed by atoms with E-state index >= 15 is 0 Å². The lowest BCUT2D eigenvalue weighted by molar-refractivity contribution is 0.103. The average molecular weight is 296 g/mol. The van der Waals surface area contributed by atoms with Crippen molar-refractivity contribution >= 4 is 11.8 Å². The van der Waals surface area contributed by atoms with Crippen molar-refractivity contribution in [2.24, 2.45) is 5.73 Å². The van der Waals surface area contributed by atoms with Gasteiger partial charge in [0.25, 0.3) is 0 Å². The molecule has 0 bridgehead atoms. The second-order valence-corrected chi connectivity index (χ2v) is 8.30. The number of nitrogens with two attached hydrogens (primary N) is 1. The molecular formula is C16H25FN2S. The van der Waals surface area contributed by atoms with Crippen LogP contribution in [0.1, 0.15) is 26.3 Å². The molecule has 2 N–H and O–H groups in total. The molecule has 1 fully saturated rings. The average Bonchev–Trinajstić information content (AvgIpc) is 2.40. The van der Waals surface area contributed by atoms with E-state index in [9.17, 15) is 4.39 Å². The number of thioether (sulfide) groups is 1. The van der Waals surface area contributed by atoms with E-state index in [0.29, 0.717) is 13.0 Å². The summed E-state index contributed by atoms with van der Waals surface area (Å²) in [5, 5.41) is 0. The van der Waals surface area contributed by atoms with Gasteiger partial charge < -0.3 is 5.73 Å². The van der Waals surface area contributed by atoms with Crippen LogP contribution in [0, 0.1) is 5.82 Å². The van der Waals surface area contributed by atoms with Crippen molar-refractivity contribution in [2.75, 3.05) is 25.4 Å². The van der Waals surface area contributed by atoms with Crippen molar-refractivity contribution in [1.29, 1.82) is 0 Å². The van der Waals surface area contributed by atoms with Crippen LogP contribution in [0.25, 0.3) is 0 Å². The molecule has 1 aromatic carbocycles. The van der Waals surface area contributed by atoms with E-state index in [4.69, 9.17) is 5.73 Å². The summed E-state index contributed by atoms with van der Waals surface area (Å²) in [6, 6.07) is 7.03. The SMILES string of the molecule is CC1(C)CN(C(C)(CN)Cc2ccccc2F)CCS1. The van der Waals surface area contributed by atoms with Crippen LogP contribution >= 0.6 is 11.8 Å². The van der Waals surface area contributed by atoms with E-state index in [1.54, 1.807) is 6.07 Å². The van der Waals surface area contributed by atoms with Gasteiger partial charge in [0.05, 0.1) is 0 Å². The zero-order valence-corrected chi connectivity index (χ0v) is 13.5. The van der Waals surface area contributed by atoms with Crippen LogP contribution in [0.2, 0.25) is 0 Å². The molecule has 112 valence electrons. The molecule has 1 unspecified atom stereocenters. The first kappa shape index (κ1) is 15.8. The number of hydrogen-bond donors (Lipinski definition) is 1. The second kappa shape index (κ2) is 6.04. The van der Waals surface area contributed by atoms with Crippen LogP contribution in [0.15, 0.2) is 24.3 Å². The van der Waals surface area contributed by atoms with Gasteiger partial charge in [-0.3, -0.25) is 4.90 Å². The van der Waals surface area contributed by atoms with Crippen LogP contribution in [-0.2, 0) is 6.42 Å². The highest BCUT2D eigenvalue weighted by Crippen LogP contribution is 2.34. The molecule has 1 aromatic rings. The first-order valence-corrected chi connectivity index (χ1v) is 8.17. The van der Waals surface area contributed by atoms with Gasteiger partial charge in [-0.2, -0.15) is 11.8 Å². The first-order valence-electron chi connectivity index (χ1n) is 7.19. The molecule has 1 aliphatic heterocycles. The Hall–Kier alpha value is -0.580. The van der Waals surface area contributed by atoms with Gasteiger partial charge in [-0.05, 0) is 38.8 Å². The highest BCUT2D eigenvalue weighted by Gasteiger charge is 2.37. The number of benzene rings is 1. The minimum Gasteiger partial charge on any atom is -0.329 e. The molecule has 20 heavy (non-hydrogen) atoms.